The van der Waals surface area contributed by atoms with Crippen LogP contribution in [0.25, 0.3) is 0 Å². The Kier molecular flexibility index (Phi) is 8.38. The van der Waals surface area contributed by atoms with Gasteiger partial charge in [-0.2, -0.15) is 0 Å². The summed E-state index contributed by atoms with van der Waals surface area (Å²) in [7, 11) is 0. The lowest BCUT2D eigenvalue weighted by Crippen LogP contribution is -2.54. The second-order valence-corrected chi connectivity index (χ2v) is 13.2. The number of imide groups is 2. The quantitative estimate of drug-likeness (QED) is 0.183. The fraction of sp³-hybridized carbons (Fsp3) is 0.289. The molecule has 1 N–H and O–H groups in total. The molecular weight excluding hydrogens is 638 g/mol. The van der Waals surface area contributed by atoms with Crippen LogP contribution in [-0.2, 0) is 15.0 Å². The second kappa shape index (κ2) is 12.8. The van der Waals surface area contributed by atoms with Crippen molar-refractivity contribution in [3.63, 3.8) is 0 Å². The van der Waals surface area contributed by atoms with E-state index in [-0.39, 0.29) is 47.0 Å². The molecule has 0 saturated carbocycles. The smallest absolute Gasteiger partial charge is 0.262 e. The van der Waals surface area contributed by atoms with Crippen LogP contribution < -0.4 is 19.7 Å². The zero-order valence-corrected chi connectivity index (χ0v) is 27.8. The van der Waals surface area contributed by atoms with Crippen molar-refractivity contribution in [3.8, 4) is 17.2 Å². The molecule has 2 atom stereocenters. The van der Waals surface area contributed by atoms with Gasteiger partial charge >= 0.3 is 0 Å². The highest BCUT2D eigenvalue weighted by atomic mass is 16.5. The van der Waals surface area contributed by atoms with E-state index in [0.717, 1.165) is 40.4 Å². The molecule has 0 radical (unpaired) electrons. The molecule has 0 aliphatic carbocycles. The third-order valence-electron chi connectivity index (χ3n) is 9.67. The Morgan fingerprint density at radius 2 is 1.48 bits per heavy atom. The maximum atomic E-state index is 13.3. The summed E-state index contributed by atoms with van der Waals surface area (Å²) < 4.78 is 12.0. The van der Waals surface area contributed by atoms with Crippen LogP contribution in [0.4, 0.5) is 5.69 Å². The predicted octanol–water partition coefficient (Wildman–Crippen LogP) is 4.86. The van der Waals surface area contributed by atoms with Crippen molar-refractivity contribution in [3.05, 3.63) is 107 Å². The van der Waals surface area contributed by atoms with Crippen LogP contribution in [0.3, 0.4) is 0 Å². The number of benzene rings is 3. The Hall–Kier alpha value is -5.91. The number of aromatic nitrogens is 2. The van der Waals surface area contributed by atoms with Gasteiger partial charge in [0.25, 0.3) is 11.8 Å². The van der Waals surface area contributed by atoms with Crippen LogP contribution in [0.5, 0.6) is 17.2 Å². The molecule has 3 aliphatic rings. The van der Waals surface area contributed by atoms with E-state index < -0.39 is 29.7 Å². The number of hydrogen-bond donors (Lipinski definition) is 1. The average Bonchev–Trinajstić information content (AvgIpc) is 3.33. The Bertz CT molecular complexity index is 2010. The molecule has 12 heteroatoms. The third kappa shape index (κ3) is 6.08. The number of nitrogens with one attached hydrogen (secondary N) is 1. The topological polar surface area (TPSA) is 148 Å². The first kappa shape index (κ1) is 32.6. The lowest BCUT2D eigenvalue weighted by atomic mass is 9.78. The molecule has 50 heavy (non-hydrogen) atoms. The van der Waals surface area contributed by atoms with E-state index in [1.54, 1.807) is 12.1 Å². The number of fused-ring (bicyclic) bond motifs is 1. The molecule has 2 fully saturated rings. The Morgan fingerprint density at radius 1 is 0.840 bits per heavy atom. The number of ketones is 1. The third-order valence-corrected chi connectivity index (χ3v) is 9.67. The molecule has 2 unspecified atom stereocenters. The van der Waals surface area contributed by atoms with Gasteiger partial charge < -0.3 is 14.4 Å². The van der Waals surface area contributed by atoms with Gasteiger partial charge in [0.2, 0.25) is 11.8 Å². The van der Waals surface area contributed by atoms with Crippen LogP contribution >= 0.6 is 0 Å². The maximum Gasteiger partial charge on any atom is 0.262 e. The van der Waals surface area contributed by atoms with Crippen LogP contribution in [0.1, 0.15) is 82.5 Å². The predicted molar refractivity (Wildman–Crippen MR) is 181 cm³/mol. The fourth-order valence-electron chi connectivity index (χ4n) is 6.54. The Labute approximate surface area is 288 Å². The lowest BCUT2D eigenvalue weighted by molar-refractivity contribution is -0.136. The van der Waals surface area contributed by atoms with Gasteiger partial charge in [0.1, 0.15) is 24.1 Å². The second-order valence-electron chi connectivity index (χ2n) is 13.2. The molecule has 1 aromatic heterocycles. The number of carbonyl (C=O) groups excluding carboxylic acids is 5. The summed E-state index contributed by atoms with van der Waals surface area (Å²) in [4.78, 5) is 72.9. The highest BCUT2D eigenvalue weighted by Crippen LogP contribution is 2.36. The van der Waals surface area contributed by atoms with Gasteiger partial charge in [-0.1, -0.05) is 38.1 Å². The van der Waals surface area contributed by atoms with E-state index in [4.69, 9.17) is 9.47 Å². The monoisotopic (exact) mass is 673 g/mol. The van der Waals surface area contributed by atoms with E-state index in [2.05, 4.69) is 46.2 Å². The molecule has 3 aromatic carbocycles. The van der Waals surface area contributed by atoms with Crippen molar-refractivity contribution in [1.82, 2.24) is 20.2 Å². The number of rotatable bonds is 10. The average molecular weight is 674 g/mol. The van der Waals surface area contributed by atoms with Crippen molar-refractivity contribution in [2.24, 2.45) is 0 Å². The van der Waals surface area contributed by atoms with Gasteiger partial charge in [-0.3, -0.25) is 34.2 Å². The van der Waals surface area contributed by atoms with Crippen molar-refractivity contribution < 1.29 is 33.4 Å². The molecule has 0 bridgehead atoms. The maximum absolute atomic E-state index is 13.3. The van der Waals surface area contributed by atoms with Gasteiger partial charge in [0.15, 0.2) is 17.4 Å². The van der Waals surface area contributed by atoms with E-state index >= 15 is 0 Å². The van der Waals surface area contributed by atoms with Crippen LogP contribution in [-0.4, -0.2) is 69.5 Å². The summed E-state index contributed by atoms with van der Waals surface area (Å²) in [5.41, 5.74) is 3.24. The number of amides is 4. The number of anilines is 1. The van der Waals surface area contributed by atoms with Crippen molar-refractivity contribution >= 4 is 35.1 Å². The molecule has 7 rings (SSSR count). The van der Waals surface area contributed by atoms with Gasteiger partial charge in [-0.15, -0.1) is 0 Å². The molecule has 12 nitrogen and oxygen atoms in total. The molecule has 4 heterocycles. The zero-order chi connectivity index (χ0) is 35.2. The first-order valence-electron chi connectivity index (χ1n) is 16.5. The fourth-order valence-corrected chi connectivity index (χ4v) is 6.54. The molecule has 0 spiro atoms. The molecule has 2 saturated heterocycles. The summed E-state index contributed by atoms with van der Waals surface area (Å²) in [5.74, 6) is -0.309. The van der Waals surface area contributed by atoms with Crippen LogP contribution in [0.15, 0.2) is 79.1 Å². The largest absolute Gasteiger partial charge is 0.491 e. The van der Waals surface area contributed by atoms with Gasteiger partial charge in [0, 0.05) is 31.0 Å². The van der Waals surface area contributed by atoms with Gasteiger partial charge in [0.05, 0.1) is 29.6 Å². The number of carbonyl (C=O) groups is 5. The summed E-state index contributed by atoms with van der Waals surface area (Å²) in [6.07, 6.45) is 4.06. The first-order chi connectivity index (χ1) is 24.0. The number of ether oxygens (including phenoxy) is 2. The molecule has 4 aromatic rings. The van der Waals surface area contributed by atoms with E-state index in [1.165, 1.54) is 19.3 Å². The highest BCUT2D eigenvalue weighted by molar-refractivity contribution is 6.23. The number of hydrogen-bond acceptors (Lipinski definition) is 10. The van der Waals surface area contributed by atoms with E-state index in [1.807, 2.05) is 42.5 Å². The van der Waals surface area contributed by atoms with Crippen molar-refractivity contribution in [2.75, 3.05) is 18.1 Å². The Balaban J connectivity index is 0.956. The number of piperidine rings is 1. The minimum Gasteiger partial charge on any atom is -0.491 e. The summed E-state index contributed by atoms with van der Waals surface area (Å²) in [5, 5.41) is 2.22. The van der Waals surface area contributed by atoms with E-state index in [0.29, 0.717) is 18.1 Å². The van der Waals surface area contributed by atoms with Crippen molar-refractivity contribution in [1.29, 1.82) is 0 Å². The number of nitrogens with zero attached hydrogens (tertiary/aromatic N) is 4. The van der Waals surface area contributed by atoms with Gasteiger partial charge in [-0.25, -0.2) is 9.97 Å². The summed E-state index contributed by atoms with van der Waals surface area (Å²) >= 11 is 0. The standard InChI is InChI=1S/C38H35N5O7/c1-22(44)34-39-19-29(20-40-34)50-28-11-6-24(7-12-28)38(2,3)23-4-9-27(10-5-23)49-21-26-16-17-42(26)25-8-13-30-31(18-25)37(48)43(36(30)47)32-14-15-33(45)41-35(32)46/h4-13,18-20,26,32H,14-17,21H2,1-3H3,(H,41,45,46). The summed E-state index contributed by atoms with van der Waals surface area (Å²) in [6.45, 7) is 6.94. The highest BCUT2D eigenvalue weighted by Gasteiger charge is 2.45. The minimum atomic E-state index is -0.994. The Morgan fingerprint density at radius 3 is 2.08 bits per heavy atom. The van der Waals surface area contributed by atoms with Gasteiger partial charge in [-0.05, 0) is 66.4 Å². The molecular formula is C38H35N5O7. The lowest BCUT2D eigenvalue weighted by Gasteiger charge is -2.42. The SMILES string of the molecule is CC(=O)c1ncc(Oc2ccc(C(C)(C)c3ccc(OCC4CCN4c4ccc5c(c4)C(=O)N(C4CCC(=O)NC4=O)C5=O)cc3)cc2)cn1. The molecule has 254 valence electrons. The summed E-state index contributed by atoms with van der Waals surface area (Å²) in [6, 6.07) is 20.1. The normalized spacial score (nSPS) is 18.8. The van der Waals surface area contributed by atoms with Crippen molar-refractivity contribution in [2.45, 2.75) is 57.5 Å². The number of Topliss-reactive ketones (excluding diaryl/α,β-unsaturated/α-hetero) is 1. The molecule has 3 aliphatic heterocycles. The van der Waals surface area contributed by atoms with E-state index in [9.17, 15) is 24.0 Å². The minimum absolute atomic E-state index is 0.0769. The molecule has 4 amide bonds. The van der Waals surface area contributed by atoms with Crippen LogP contribution in [0.2, 0.25) is 0 Å². The first-order valence-corrected chi connectivity index (χ1v) is 16.5. The van der Waals surface area contributed by atoms with Crippen LogP contribution in [0, 0.1) is 0 Å². The zero-order valence-electron chi connectivity index (χ0n) is 27.8.